The minimum atomic E-state index is -0.943. The van der Waals surface area contributed by atoms with E-state index in [9.17, 15) is 19.7 Å². The number of amides is 2. The van der Waals surface area contributed by atoms with Crippen molar-refractivity contribution in [2.75, 3.05) is 16.9 Å². The second-order valence-corrected chi connectivity index (χ2v) is 5.85. The topological polar surface area (TPSA) is 101 Å². The largest absolute Gasteiger partial charge is 0.318 e. The normalized spacial score (nSPS) is 10.1. The Hall–Kier alpha value is -2.58. The Labute approximate surface area is 146 Å². The lowest BCUT2D eigenvalue weighted by atomic mass is 10.2. The summed E-state index contributed by atoms with van der Waals surface area (Å²) in [4.78, 5) is 34.9. The first-order valence-corrected chi connectivity index (χ1v) is 8.21. The molecule has 0 aromatic heterocycles. The van der Waals surface area contributed by atoms with Crippen LogP contribution in [0.25, 0.3) is 0 Å². The molecule has 0 atom stereocenters. The third kappa shape index (κ3) is 4.46. The summed E-state index contributed by atoms with van der Waals surface area (Å²) >= 11 is 7.19. The van der Waals surface area contributed by atoms with Crippen LogP contribution in [0.5, 0.6) is 0 Å². The molecule has 0 aliphatic carbocycles. The summed E-state index contributed by atoms with van der Waals surface area (Å²) < 4.78 is 0. The predicted molar refractivity (Wildman–Crippen MR) is 93.6 cm³/mol. The van der Waals surface area contributed by atoms with E-state index in [-0.39, 0.29) is 16.4 Å². The quantitative estimate of drug-likeness (QED) is 0.373. The maximum atomic E-state index is 11.9. The number of hydrogen-bond acceptors (Lipinski definition) is 5. The van der Waals surface area contributed by atoms with E-state index in [1.165, 1.54) is 23.9 Å². The van der Waals surface area contributed by atoms with Gasteiger partial charge < -0.3 is 10.6 Å². The lowest BCUT2D eigenvalue weighted by molar-refractivity contribution is -0.384. The maximum absolute atomic E-state index is 11.9. The third-order valence-corrected chi connectivity index (χ3v) is 3.98. The second kappa shape index (κ2) is 7.80. The number of halogens is 1. The second-order valence-electron chi connectivity index (χ2n) is 4.56. The molecular formula is C15H12ClN3O4S. The lowest BCUT2D eigenvalue weighted by Crippen LogP contribution is -2.29. The van der Waals surface area contributed by atoms with Crippen molar-refractivity contribution in [3.8, 4) is 0 Å². The average Bonchev–Trinajstić information content (AvgIpc) is 2.56. The van der Waals surface area contributed by atoms with Gasteiger partial charge in [-0.1, -0.05) is 17.7 Å². The zero-order chi connectivity index (χ0) is 17.7. The number of rotatable bonds is 4. The molecule has 2 rings (SSSR count). The molecule has 9 heteroatoms. The molecule has 2 N–H and O–H groups in total. The summed E-state index contributed by atoms with van der Waals surface area (Å²) in [7, 11) is 0. The van der Waals surface area contributed by atoms with Gasteiger partial charge in [0.05, 0.1) is 4.92 Å². The van der Waals surface area contributed by atoms with Crippen LogP contribution < -0.4 is 10.6 Å². The fourth-order valence-corrected chi connectivity index (χ4v) is 2.45. The van der Waals surface area contributed by atoms with Gasteiger partial charge >= 0.3 is 11.8 Å². The smallest absolute Gasteiger partial charge is 0.314 e. The van der Waals surface area contributed by atoms with Crippen LogP contribution in [0.2, 0.25) is 5.02 Å². The van der Waals surface area contributed by atoms with E-state index in [0.717, 1.165) is 11.0 Å². The van der Waals surface area contributed by atoms with Crippen LogP contribution >= 0.6 is 23.4 Å². The summed E-state index contributed by atoms with van der Waals surface area (Å²) in [6, 6.07) is 10.7. The zero-order valence-corrected chi connectivity index (χ0v) is 14.0. The van der Waals surface area contributed by atoms with E-state index >= 15 is 0 Å². The molecular weight excluding hydrogens is 354 g/mol. The highest BCUT2D eigenvalue weighted by Crippen LogP contribution is 2.27. The summed E-state index contributed by atoms with van der Waals surface area (Å²) in [5.41, 5.74) is 0.218. The Morgan fingerprint density at radius 1 is 1.08 bits per heavy atom. The number of anilines is 2. The number of nitro benzene ring substituents is 1. The van der Waals surface area contributed by atoms with Crippen LogP contribution in [-0.2, 0) is 9.59 Å². The molecule has 0 saturated carbocycles. The van der Waals surface area contributed by atoms with Gasteiger partial charge in [0.2, 0.25) is 0 Å². The summed E-state index contributed by atoms with van der Waals surface area (Å²) in [6.45, 7) is 0. The Morgan fingerprint density at radius 3 is 2.29 bits per heavy atom. The van der Waals surface area contributed by atoms with Gasteiger partial charge in [-0.05, 0) is 36.6 Å². The van der Waals surface area contributed by atoms with Crippen LogP contribution in [-0.4, -0.2) is 23.0 Å². The minimum Gasteiger partial charge on any atom is -0.318 e. The van der Waals surface area contributed by atoms with Gasteiger partial charge in [0.1, 0.15) is 5.02 Å². The fourth-order valence-electron chi connectivity index (χ4n) is 1.81. The van der Waals surface area contributed by atoms with E-state index in [4.69, 9.17) is 11.6 Å². The molecule has 124 valence electrons. The van der Waals surface area contributed by atoms with Gasteiger partial charge in [-0.3, -0.25) is 19.7 Å². The summed E-state index contributed by atoms with van der Waals surface area (Å²) in [5, 5.41) is 15.5. The van der Waals surface area contributed by atoms with Gasteiger partial charge in [0.15, 0.2) is 0 Å². The molecule has 0 bridgehead atoms. The van der Waals surface area contributed by atoms with E-state index in [2.05, 4.69) is 10.6 Å². The van der Waals surface area contributed by atoms with E-state index in [1.54, 1.807) is 18.2 Å². The first kappa shape index (κ1) is 17.8. The number of thioether (sulfide) groups is 1. The molecule has 0 fully saturated rings. The Kier molecular flexibility index (Phi) is 5.78. The Balaban J connectivity index is 2.07. The van der Waals surface area contributed by atoms with Crippen molar-refractivity contribution in [1.29, 1.82) is 0 Å². The highest BCUT2D eigenvalue weighted by atomic mass is 35.5. The number of carbonyl (C=O) groups is 2. The maximum Gasteiger partial charge on any atom is 0.314 e. The molecule has 0 aliphatic heterocycles. The number of nitrogens with zero attached hydrogens (tertiary/aromatic N) is 1. The fraction of sp³-hybridized carbons (Fsp3) is 0.0667. The zero-order valence-electron chi connectivity index (χ0n) is 12.4. The standard InChI is InChI=1S/C15H12ClN3O4S/c1-24-11-4-2-3-9(7-11)17-14(20)15(21)18-10-5-6-12(16)13(8-10)19(22)23/h2-8H,1H3,(H,17,20)(H,18,21). The highest BCUT2D eigenvalue weighted by Gasteiger charge is 2.17. The van der Waals surface area contributed by atoms with Crippen molar-refractivity contribution in [2.45, 2.75) is 4.90 Å². The molecule has 0 radical (unpaired) electrons. The highest BCUT2D eigenvalue weighted by molar-refractivity contribution is 7.98. The number of benzene rings is 2. The van der Waals surface area contributed by atoms with Gasteiger partial charge in [-0.25, -0.2) is 0 Å². The van der Waals surface area contributed by atoms with Gasteiger partial charge in [0, 0.05) is 22.3 Å². The number of nitro groups is 1. The number of hydrogen-bond donors (Lipinski definition) is 2. The van der Waals surface area contributed by atoms with Crippen LogP contribution in [0, 0.1) is 10.1 Å². The molecule has 2 amide bonds. The Bertz CT molecular complexity index is 813. The van der Waals surface area contributed by atoms with Crippen LogP contribution in [0.3, 0.4) is 0 Å². The minimum absolute atomic E-state index is 0.0590. The van der Waals surface area contributed by atoms with Gasteiger partial charge in [0.25, 0.3) is 5.69 Å². The van der Waals surface area contributed by atoms with Crippen LogP contribution in [0.1, 0.15) is 0 Å². The monoisotopic (exact) mass is 365 g/mol. The SMILES string of the molecule is CSc1cccc(NC(=O)C(=O)Nc2ccc(Cl)c([N+](=O)[O-])c2)c1. The molecule has 0 aliphatic rings. The molecule has 2 aromatic carbocycles. The third-order valence-electron chi connectivity index (χ3n) is 2.93. The molecule has 24 heavy (non-hydrogen) atoms. The molecule has 2 aromatic rings. The van der Waals surface area contributed by atoms with Crippen molar-refractivity contribution < 1.29 is 14.5 Å². The average molecular weight is 366 g/mol. The molecule has 0 saturated heterocycles. The summed E-state index contributed by atoms with van der Waals surface area (Å²) in [6.07, 6.45) is 1.89. The van der Waals surface area contributed by atoms with Crippen LogP contribution in [0.4, 0.5) is 17.1 Å². The predicted octanol–water partition coefficient (Wildman–Crippen LogP) is 3.55. The van der Waals surface area contributed by atoms with Crippen molar-refractivity contribution in [3.63, 3.8) is 0 Å². The molecule has 0 heterocycles. The van der Waals surface area contributed by atoms with Gasteiger partial charge in [-0.15, -0.1) is 11.8 Å². The van der Waals surface area contributed by atoms with Gasteiger partial charge in [-0.2, -0.15) is 0 Å². The Morgan fingerprint density at radius 2 is 1.71 bits per heavy atom. The number of carbonyl (C=O) groups excluding carboxylic acids is 2. The lowest BCUT2D eigenvalue weighted by Gasteiger charge is -2.07. The molecule has 0 unspecified atom stereocenters. The van der Waals surface area contributed by atoms with E-state index in [0.29, 0.717) is 5.69 Å². The van der Waals surface area contributed by atoms with Crippen molar-refractivity contribution >= 4 is 52.2 Å². The van der Waals surface area contributed by atoms with E-state index < -0.39 is 16.7 Å². The van der Waals surface area contributed by atoms with Crippen LogP contribution in [0.15, 0.2) is 47.4 Å². The number of nitrogens with one attached hydrogen (secondary N) is 2. The van der Waals surface area contributed by atoms with Crippen molar-refractivity contribution in [2.24, 2.45) is 0 Å². The van der Waals surface area contributed by atoms with E-state index in [1.807, 2.05) is 12.3 Å². The molecule has 0 spiro atoms. The van der Waals surface area contributed by atoms with Crippen molar-refractivity contribution in [3.05, 3.63) is 57.6 Å². The van der Waals surface area contributed by atoms with Crippen molar-refractivity contribution in [1.82, 2.24) is 0 Å². The first-order valence-electron chi connectivity index (χ1n) is 6.61. The summed E-state index contributed by atoms with van der Waals surface area (Å²) in [5.74, 6) is -1.83. The first-order chi connectivity index (χ1) is 11.4. The molecule has 7 nitrogen and oxygen atoms in total.